The lowest BCUT2D eigenvalue weighted by molar-refractivity contribution is 0.114. The van der Waals surface area contributed by atoms with Crippen LogP contribution in [0.5, 0.6) is 5.75 Å². The first kappa shape index (κ1) is 10.1. The largest absolute Gasteiger partial charge is 0.489 e. The predicted octanol–water partition coefficient (Wildman–Crippen LogP) is 0.180. The van der Waals surface area contributed by atoms with Crippen molar-refractivity contribution >= 4 is 11.4 Å². The number of aliphatic hydroxyl groups is 1. The quantitative estimate of drug-likeness (QED) is 0.569. The second-order valence-electron chi connectivity index (χ2n) is 3.41. The summed E-state index contributed by atoms with van der Waals surface area (Å²) in [7, 11) is 0. The zero-order valence-electron chi connectivity index (χ0n) is 8.36. The summed E-state index contributed by atoms with van der Waals surface area (Å²) in [6.07, 6.45) is -0.616. The summed E-state index contributed by atoms with van der Waals surface area (Å²) < 4.78 is 5.47. The van der Waals surface area contributed by atoms with Gasteiger partial charge in [-0.05, 0) is 12.1 Å². The smallest absolute Gasteiger partial charge is 0.144 e. The average Bonchev–Trinajstić information content (AvgIpc) is 2.74. The molecule has 0 bridgehead atoms. The molecule has 5 N–H and O–H groups in total. The Bertz CT molecular complexity index is 343. The molecule has 1 aromatic rings. The number of para-hydroxylation sites is 1. The first-order valence-corrected chi connectivity index (χ1v) is 4.93. The maximum atomic E-state index is 9.28. The van der Waals surface area contributed by atoms with Gasteiger partial charge in [-0.2, -0.15) is 0 Å². The van der Waals surface area contributed by atoms with Crippen molar-refractivity contribution in [3.05, 3.63) is 18.2 Å². The van der Waals surface area contributed by atoms with Gasteiger partial charge in [-0.15, -0.1) is 0 Å². The van der Waals surface area contributed by atoms with Crippen molar-refractivity contribution in [2.45, 2.75) is 6.10 Å². The van der Waals surface area contributed by atoms with Crippen LogP contribution >= 0.6 is 0 Å². The minimum absolute atomic E-state index is 0.209. The lowest BCUT2D eigenvalue weighted by Crippen LogP contribution is -2.26. The number of fused-ring (bicyclic) bond motifs is 1. The summed E-state index contributed by atoms with van der Waals surface area (Å²) in [5.41, 5.74) is 7.26. The van der Waals surface area contributed by atoms with Crippen LogP contribution in [-0.2, 0) is 0 Å². The Hall–Kier alpha value is -1.46. The Balaban J connectivity index is 2.06. The number of rotatable bonds is 4. The molecule has 2 rings (SSSR count). The molecule has 15 heavy (non-hydrogen) atoms. The van der Waals surface area contributed by atoms with Gasteiger partial charge >= 0.3 is 0 Å². The van der Waals surface area contributed by atoms with E-state index in [9.17, 15) is 5.11 Å². The minimum atomic E-state index is -0.616. The maximum Gasteiger partial charge on any atom is 0.144 e. The van der Waals surface area contributed by atoms with Crippen LogP contribution in [0.2, 0.25) is 0 Å². The third kappa shape index (κ3) is 2.14. The van der Waals surface area contributed by atoms with Gasteiger partial charge in [-0.3, -0.25) is 0 Å². The Kier molecular flexibility index (Phi) is 2.94. The number of ether oxygens (including phenoxy) is 1. The van der Waals surface area contributed by atoms with Crippen molar-refractivity contribution < 1.29 is 9.84 Å². The maximum absolute atomic E-state index is 9.28. The lowest BCUT2D eigenvalue weighted by atomic mass is 10.2. The fourth-order valence-corrected chi connectivity index (χ4v) is 1.46. The van der Waals surface area contributed by atoms with Crippen LogP contribution in [0.4, 0.5) is 11.4 Å². The van der Waals surface area contributed by atoms with Crippen molar-refractivity contribution in [1.82, 2.24) is 0 Å². The highest BCUT2D eigenvalue weighted by Crippen LogP contribution is 2.35. The molecule has 5 nitrogen and oxygen atoms in total. The SMILES string of the molecule is NCC(O)COc1cccc2c1NCN2. The average molecular weight is 209 g/mol. The van der Waals surface area contributed by atoms with E-state index in [1.807, 2.05) is 18.2 Å². The summed E-state index contributed by atoms with van der Waals surface area (Å²) in [5, 5.41) is 15.6. The van der Waals surface area contributed by atoms with Gasteiger partial charge in [0.1, 0.15) is 24.1 Å². The molecule has 0 radical (unpaired) electrons. The normalized spacial score (nSPS) is 15.1. The molecular weight excluding hydrogens is 194 g/mol. The first-order chi connectivity index (χ1) is 7.31. The molecule has 82 valence electrons. The second-order valence-corrected chi connectivity index (χ2v) is 3.41. The predicted molar refractivity (Wildman–Crippen MR) is 59.1 cm³/mol. The minimum Gasteiger partial charge on any atom is -0.489 e. The molecule has 0 aromatic heterocycles. The molecule has 0 saturated carbocycles. The Morgan fingerprint density at radius 1 is 1.47 bits per heavy atom. The summed E-state index contributed by atoms with van der Waals surface area (Å²) in [6.45, 7) is 1.13. The van der Waals surface area contributed by atoms with Gasteiger partial charge in [0.15, 0.2) is 0 Å². The van der Waals surface area contributed by atoms with E-state index in [-0.39, 0.29) is 13.2 Å². The Morgan fingerprint density at radius 2 is 2.33 bits per heavy atom. The summed E-state index contributed by atoms with van der Waals surface area (Å²) in [6, 6.07) is 5.74. The fraction of sp³-hybridized carbons (Fsp3) is 0.400. The highest BCUT2D eigenvalue weighted by Gasteiger charge is 2.14. The highest BCUT2D eigenvalue weighted by molar-refractivity contribution is 5.79. The number of aliphatic hydroxyl groups excluding tert-OH is 1. The van der Waals surface area contributed by atoms with E-state index in [0.717, 1.165) is 17.1 Å². The number of nitrogens with one attached hydrogen (secondary N) is 2. The van der Waals surface area contributed by atoms with Gasteiger partial charge in [-0.25, -0.2) is 0 Å². The monoisotopic (exact) mass is 209 g/mol. The molecule has 1 atom stereocenters. The molecule has 0 fully saturated rings. The molecule has 1 aromatic carbocycles. The van der Waals surface area contributed by atoms with E-state index < -0.39 is 6.10 Å². The van der Waals surface area contributed by atoms with E-state index in [4.69, 9.17) is 10.5 Å². The lowest BCUT2D eigenvalue weighted by Gasteiger charge is -2.12. The Morgan fingerprint density at radius 3 is 3.13 bits per heavy atom. The van der Waals surface area contributed by atoms with Gasteiger partial charge in [0, 0.05) is 6.54 Å². The molecule has 0 amide bonds. The topological polar surface area (TPSA) is 79.5 Å². The Labute approximate surface area is 88.2 Å². The van der Waals surface area contributed by atoms with Gasteiger partial charge in [0.2, 0.25) is 0 Å². The zero-order chi connectivity index (χ0) is 10.7. The van der Waals surface area contributed by atoms with Crippen LogP contribution in [0.1, 0.15) is 0 Å². The highest BCUT2D eigenvalue weighted by atomic mass is 16.5. The van der Waals surface area contributed by atoms with Crippen LogP contribution in [0.15, 0.2) is 18.2 Å². The fourth-order valence-electron chi connectivity index (χ4n) is 1.46. The van der Waals surface area contributed by atoms with E-state index in [0.29, 0.717) is 6.67 Å². The van der Waals surface area contributed by atoms with E-state index in [2.05, 4.69) is 10.6 Å². The molecule has 1 aliphatic rings. The second kappa shape index (κ2) is 4.37. The van der Waals surface area contributed by atoms with Crippen molar-refractivity contribution in [3.8, 4) is 5.75 Å². The number of nitrogens with two attached hydrogens (primary N) is 1. The van der Waals surface area contributed by atoms with E-state index >= 15 is 0 Å². The molecule has 5 heteroatoms. The van der Waals surface area contributed by atoms with Gasteiger partial charge in [0.05, 0.1) is 12.4 Å². The number of anilines is 2. The number of benzene rings is 1. The van der Waals surface area contributed by atoms with Gasteiger partial charge in [-0.1, -0.05) is 6.07 Å². The van der Waals surface area contributed by atoms with Crippen LogP contribution in [-0.4, -0.2) is 31.0 Å². The number of hydrogen-bond donors (Lipinski definition) is 4. The van der Waals surface area contributed by atoms with Gasteiger partial charge in [0.25, 0.3) is 0 Å². The van der Waals surface area contributed by atoms with Crippen molar-refractivity contribution in [2.75, 3.05) is 30.5 Å². The van der Waals surface area contributed by atoms with Crippen molar-refractivity contribution in [2.24, 2.45) is 5.73 Å². The van der Waals surface area contributed by atoms with Gasteiger partial charge < -0.3 is 26.2 Å². The van der Waals surface area contributed by atoms with Crippen LogP contribution < -0.4 is 21.1 Å². The molecule has 1 unspecified atom stereocenters. The van der Waals surface area contributed by atoms with Crippen molar-refractivity contribution in [3.63, 3.8) is 0 Å². The van der Waals surface area contributed by atoms with E-state index in [1.165, 1.54) is 0 Å². The molecule has 1 heterocycles. The molecule has 0 saturated heterocycles. The number of hydrogen-bond acceptors (Lipinski definition) is 5. The molecule has 0 spiro atoms. The summed E-state index contributed by atoms with van der Waals surface area (Å²) in [4.78, 5) is 0. The summed E-state index contributed by atoms with van der Waals surface area (Å²) in [5.74, 6) is 0.741. The van der Waals surface area contributed by atoms with Crippen LogP contribution in [0.25, 0.3) is 0 Å². The third-order valence-corrected chi connectivity index (χ3v) is 2.27. The molecule has 1 aliphatic heterocycles. The first-order valence-electron chi connectivity index (χ1n) is 4.93. The van der Waals surface area contributed by atoms with Crippen molar-refractivity contribution in [1.29, 1.82) is 0 Å². The third-order valence-electron chi connectivity index (χ3n) is 2.27. The molecular formula is C10H15N3O2. The standard InChI is InChI=1S/C10H15N3O2/c11-4-7(14)5-15-9-3-1-2-8-10(9)13-6-12-8/h1-3,7,12-14H,4-6,11H2. The van der Waals surface area contributed by atoms with E-state index in [1.54, 1.807) is 0 Å². The zero-order valence-corrected chi connectivity index (χ0v) is 8.36. The summed E-state index contributed by atoms with van der Waals surface area (Å²) >= 11 is 0. The van der Waals surface area contributed by atoms with Crippen LogP contribution in [0, 0.1) is 0 Å². The van der Waals surface area contributed by atoms with Crippen LogP contribution in [0.3, 0.4) is 0 Å². The molecule has 0 aliphatic carbocycles.